The van der Waals surface area contributed by atoms with Crippen LogP contribution in [0, 0.1) is 16.7 Å². The lowest BCUT2D eigenvalue weighted by molar-refractivity contribution is -0.127. The molecular weight excluding hydrogens is 194 g/mol. The highest BCUT2D eigenvalue weighted by Crippen LogP contribution is 2.13. The van der Waals surface area contributed by atoms with E-state index in [1.807, 2.05) is 6.07 Å². The lowest BCUT2D eigenvalue weighted by atomic mass is 9.95. The van der Waals surface area contributed by atoms with Gasteiger partial charge >= 0.3 is 0 Å². The van der Waals surface area contributed by atoms with Crippen LogP contribution in [0.4, 0.5) is 0 Å². The number of hydrogen-bond donors (Lipinski definition) is 2. The summed E-state index contributed by atoms with van der Waals surface area (Å²) in [5, 5.41) is 14.1. The molecule has 1 heterocycles. The van der Waals surface area contributed by atoms with Crippen molar-refractivity contribution >= 4 is 11.8 Å². The minimum atomic E-state index is -1.01. The fourth-order valence-corrected chi connectivity index (χ4v) is 1.32. The third kappa shape index (κ3) is 2.94. The molecule has 0 bridgehead atoms. The third-order valence-corrected chi connectivity index (χ3v) is 2.44. The average molecular weight is 209 g/mol. The number of amides is 2. The Labute approximate surface area is 88.8 Å². The molecule has 5 heteroatoms. The maximum absolute atomic E-state index is 11.5. The van der Waals surface area contributed by atoms with Gasteiger partial charge in [-0.2, -0.15) is 5.26 Å². The second kappa shape index (κ2) is 4.30. The molecule has 15 heavy (non-hydrogen) atoms. The summed E-state index contributed by atoms with van der Waals surface area (Å²) in [5.41, 5.74) is -1.01. The van der Waals surface area contributed by atoms with E-state index in [-0.39, 0.29) is 17.9 Å². The summed E-state index contributed by atoms with van der Waals surface area (Å²) in [5.74, 6) is -0.278. The first-order valence-electron chi connectivity index (χ1n) is 4.94. The highest BCUT2D eigenvalue weighted by Gasteiger charge is 2.28. The Hall–Kier alpha value is -1.57. The van der Waals surface area contributed by atoms with E-state index >= 15 is 0 Å². The highest BCUT2D eigenvalue weighted by atomic mass is 16.2. The van der Waals surface area contributed by atoms with Gasteiger partial charge in [-0.3, -0.25) is 9.59 Å². The predicted molar refractivity (Wildman–Crippen MR) is 53.6 cm³/mol. The molecule has 82 valence electrons. The standard InChI is InChI=1S/C10H15N3O2/c1-10(2,6-11)9(15)12-5-7-3-4-8(14)13-7/h7H,3-5H2,1-2H3,(H,12,15)(H,13,14). The molecule has 1 atom stereocenters. The lowest BCUT2D eigenvalue weighted by Crippen LogP contribution is -2.43. The maximum Gasteiger partial charge on any atom is 0.239 e. The number of carbonyl (C=O) groups excluding carboxylic acids is 2. The zero-order valence-corrected chi connectivity index (χ0v) is 8.96. The van der Waals surface area contributed by atoms with E-state index in [9.17, 15) is 9.59 Å². The van der Waals surface area contributed by atoms with Gasteiger partial charge in [0, 0.05) is 19.0 Å². The van der Waals surface area contributed by atoms with Crippen molar-refractivity contribution in [2.24, 2.45) is 5.41 Å². The summed E-state index contributed by atoms with van der Waals surface area (Å²) in [6.45, 7) is 3.53. The zero-order chi connectivity index (χ0) is 11.5. The minimum Gasteiger partial charge on any atom is -0.353 e. The summed E-state index contributed by atoms with van der Waals surface area (Å²) in [6, 6.07) is 1.94. The first-order chi connectivity index (χ1) is 6.95. The van der Waals surface area contributed by atoms with E-state index in [0.29, 0.717) is 13.0 Å². The number of rotatable bonds is 3. The fraction of sp³-hybridized carbons (Fsp3) is 0.700. The topological polar surface area (TPSA) is 82.0 Å². The van der Waals surface area contributed by atoms with Gasteiger partial charge in [0.2, 0.25) is 11.8 Å². The molecule has 1 saturated heterocycles. The molecule has 1 aliphatic heterocycles. The van der Waals surface area contributed by atoms with E-state index in [2.05, 4.69) is 10.6 Å². The van der Waals surface area contributed by atoms with Crippen LogP contribution < -0.4 is 10.6 Å². The Kier molecular flexibility index (Phi) is 3.30. The molecule has 0 aliphatic carbocycles. The summed E-state index contributed by atoms with van der Waals surface area (Å²) in [7, 11) is 0. The summed E-state index contributed by atoms with van der Waals surface area (Å²) in [4.78, 5) is 22.4. The largest absolute Gasteiger partial charge is 0.353 e. The van der Waals surface area contributed by atoms with E-state index in [0.717, 1.165) is 6.42 Å². The van der Waals surface area contributed by atoms with Gasteiger partial charge in [-0.05, 0) is 20.3 Å². The molecule has 5 nitrogen and oxygen atoms in total. The number of nitriles is 1. The smallest absolute Gasteiger partial charge is 0.239 e. The Morgan fingerprint density at radius 1 is 1.73 bits per heavy atom. The molecule has 1 unspecified atom stereocenters. The molecule has 0 saturated carbocycles. The molecule has 2 N–H and O–H groups in total. The Bertz CT molecular complexity index is 317. The van der Waals surface area contributed by atoms with Gasteiger partial charge in [0.15, 0.2) is 0 Å². The fourth-order valence-electron chi connectivity index (χ4n) is 1.32. The molecule has 0 aromatic heterocycles. The van der Waals surface area contributed by atoms with Crippen molar-refractivity contribution in [2.45, 2.75) is 32.7 Å². The van der Waals surface area contributed by atoms with Gasteiger partial charge in [-0.1, -0.05) is 0 Å². The van der Waals surface area contributed by atoms with Crippen LogP contribution in [-0.2, 0) is 9.59 Å². The van der Waals surface area contributed by atoms with Crippen molar-refractivity contribution in [1.82, 2.24) is 10.6 Å². The average Bonchev–Trinajstić information content (AvgIpc) is 2.60. The SMILES string of the molecule is CC(C)(C#N)C(=O)NCC1CCC(=O)N1. The molecule has 1 fully saturated rings. The Morgan fingerprint density at radius 3 is 2.87 bits per heavy atom. The molecule has 0 spiro atoms. The monoisotopic (exact) mass is 209 g/mol. The molecule has 2 amide bonds. The van der Waals surface area contributed by atoms with Gasteiger partial charge in [0.25, 0.3) is 0 Å². The van der Waals surface area contributed by atoms with Crippen molar-refractivity contribution in [2.75, 3.05) is 6.54 Å². The van der Waals surface area contributed by atoms with Crippen LogP contribution in [-0.4, -0.2) is 24.4 Å². The third-order valence-electron chi connectivity index (χ3n) is 2.44. The van der Waals surface area contributed by atoms with Crippen LogP contribution in [0.1, 0.15) is 26.7 Å². The second-order valence-corrected chi connectivity index (χ2v) is 4.25. The van der Waals surface area contributed by atoms with E-state index in [4.69, 9.17) is 5.26 Å². The van der Waals surface area contributed by atoms with Crippen molar-refractivity contribution in [3.8, 4) is 6.07 Å². The summed E-state index contributed by atoms with van der Waals surface area (Å²) in [6.07, 6.45) is 1.26. The van der Waals surface area contributed by atoms with Crippen LogP contribution in [0.3, 0.4) is 0 Å². The van der Waals surface area contributed by atoms with Crippen molar-refractivity contribution in [1.29, 1.82) is 5.26 Å². The lowest BCUT2D eigenvalue weighted by Gasteiger charge is -2.17. The number of nitrogens with zero attached hydrogens (tertiary/aromatic N) is 1. The highest BCUT2D eigenvalue weighted by molar-refractivity contribution is 5.84. The normalized spacial score (nSPS) is 20.6. The van der Waals surface area contributed by atoms with Gasteiger partial charge in [0.1, 0.15) is 5.41 Å². The van der Waals surface area contributed by atoms with Gasteiger partial charge < -0.3 is 10.6 Å². The van der Waals surface area contributed by atoms with Gasteiger partial charge in [0.05, 0.1) is 6.07 Å². The molecule has 0 aromatic carbocycles. The van der Waals surface area contributed by atoms with Gasteiger partial charge in [-0.25, -0.2) is 0 Å². The number of carbonyl (C=O) groups is 2. The molecule has 0 radical (unpaired) electrons. The van der Waals surface area contributed by atoms with E-state index in [1.165, 1.54) is 0 Å². The Morgan fingerprint density at radius 2 is 2.40 bits per heavy atom. The molecule has 1 aliphatic rings. The van der Waals surface area contributed by atoms with Crippen LogP contribution in [0.2, 0.25) is 0 Å². The first-order valence-corrected chi connectivity index (χ1v) is 4.94. The molecule has 1 rings (SSSR count). The minimum absolute atomic E-state index is 0.0101. The van der Waals surface area contributed by atoms with E-state index in [1.54, 1.807) is 13.8 Å². The van der Waals surface area contributed by atoms with Crippen LogP contribution in [0.15, 0.2) is 0 Å². The van der Waals surface area contributed by atoms with Crippen molar-refractivity contribution in [3.63, 3.8) is 0 Å². The quantitative estimate of drug-likeness (QED) is 0.682. The van der Waals surface area contributed by atoms with Gasteiger partial charge in [-0.15, -0.1) is 0 Å². The van der Waals surface area contributed by atoms with Crippen molar-refractivity contribution in [3.05, 3.63) is 0 Å². The van der Waals surface area contributed by atoms with Crippen LogP contribution >= 0.6 is 0 Å². The second-order valence-electron chi connectivity index (χ2n) is 4.25. The summed E-state index contributed by atoms with van der Waals surface area (Å²) < 4.78 is 0. The first kappa shape index (κ1) is 11.5. The van der Waals surface area contributed by atoms with Crippen LogP contribution in [0.5, 0.6) is 0 Å². The van der Waals surface area contributed by atoms with E-state index < -0.39 is 5.41 Å². The maximum atomic E-state index is 11.5. The molecule has 0 aromatic rings. The van der Waals surface area contributed by atoms with Crippen molar-refractivity contribution < 1.29 is 9.59 Å². The number of hydrogen-bond acceptors (Lipinski definition) is 3. The predicted octanol–water partition coefficient (Wildman–Crippen LogP) is -0.0690. The zero-order valence-electron chi connectivity index (χ0n) is 8.96. The molecular formula is C10H15N3O2. The number of nitrogens with one attached hydrogen (secondary N) is 2. The Balaban J connectivity index is 2.35. The van der Waals surface area contributed by atoms with Crippen LogP contribution in [0.25, 0.3) is 0 Å². The summed E-state index contributed by atoms with van der Waals surface area (Å²) >= 11 is 0.